The lowest BCUT2D eigenvalue weighted by atomic mass is 10.1. The van der Waals surface area contributed by atoms with E-state index in [1.807, 2.05) is 43.3 Å². The summed E-state index contributed by atoms with van der Waals surface area (Å²) in [5.74, 6) is 0.930. The lowest BCUT2D eigenvalue weighted by molar-refractivity contribution is 0.115. The fourth-order valence-corrected chi connectivity index (χ4v) is 3.76. The molecule has 0 spiro atoms. The molecule has 5 heteroatoms. The SMILES string of the molecule is C[C@H](Oc1coc(CN2CCN(Cc3ccccc3)CC2)cc1=O)c1ccccc1. The molecule has 3 aromatic rings. The fourth-order valence-electron chi connectivity index (χ4n) is 3.76. The minimum absolute atomic E-state index is 0.137. The van der Waals surface area contributed by atoms with Gasteiger partial charge in [0.25, 0.3) is 0 Å². The molecule has 0 unspecified atom stereocenters. The van der Waals surface area contributed by atoms with E-state index in [9.17, 15) is 4.79 Å². The Bertz CT molecular complexity index is 980. The molecular formula is C25H28N2O3. The molecule has 0 amide bonds. The van der Waals surface area contributed by atoms with Gasteiger partial charge in [-0.15, -0.1) is 0 Å². The number of benzene rings is 2. The predicted octanol–water partition coefficient (Wildman–Crippen LogP) is 4.10. The Hall–Kier alpha value is -2.89. The molecule has 1 aliphatic heterocycles. The van der Waals surface area contributed by atoms with E-state index in [2.05, 4.69) is 34.1 Å². The first-order chi connectivity index (χ1) is 14.7. The Balaban J connectivity index is 1.29. The zero-order valence-corrected chi connectivity index (χ0v) is 17.4. The Morgan fingerprint density at radius 1 is 0.900 bits per heavy atom. The molecule has 5 nitrogen and oxygen atoms in total. The second-order valence-corrected chi connectivity index (χ2v) is 7.78. The zero-order chi connectivity index (χ0) is 20.8. The lowest BCUT2D eigenvalue weighted by Crippen LogP contribution is -2.45. The van der Waals surface area contributed by atoms with Gasteiger partial charge in [-0.25, -0.2) is 0 Å². The minimum atomic E-state index is -0.211. The Labute approximate surface area is 177 Å². The average Bonchev–Trinajstić information content (AvgIpc) is 2.78. The Morgan fingerprint density at radius 3 is 2.13 bits per heavy atom. The van der Waals surface area contributed by atoms with Crippen LogP contribution in [0.4, 0.5) is 0 Å². The smallest absolute Gasteiger partial charge is 0.227 e. The summed E-state index contributed by atoms with van der Waals surface area (Å²) >= 11 is 0. The standard InChI is InChI=1S/C25H28N2O3/c1-20(22-10-6-3-7-11-22)30-25-19-29-23(16-24(25)28)18-27-14-12-26(13-15-27)17-21-8-4-2-5-9-21/h2-11,16,19-20H,12-15,17-18H2,1H3/t20-/m0/s1. The second-order valence-electron chi connectivity index (χ2n) is 7.78. The fraction of sp³-hybridized carbons (Fsp3) is 0.320. The number of ether oxygens (including phenoxy) is 1. The first kappa shape index (κ1) is 20.4. The van der Waals surface area contributed by atoms with Crippen LogP contribution in [0.15, 0.2) is 82.2 Å². The van der Waals surface area contributed by atoms with Crippen LogP contribution in [0.3, 0.4) is 0 Å². The van der Waals surface area contributed by atoms with Gasteiger partial charge < -0.3 is 9.15 Å². The van der Waals surface area contributed by atoms with E-state index in [0.29, 0.717) is 12.3 Å². The highest BCUT2D eigenvalue weighted by Crippen LogP contribution is 2.19. The molecule has 1 fully saturated rings. The van der Waals surface area contributed by atoms with Crippen LogP contribution < -0.4 is 10.2 Å². The van der Waals surface area contributed by atoms with Crippen molar-refractivity contribution in [1.29, 1.82) is 0 Å². The van der Waals surface area contributed by atoms with Crippen molar-refractivity contribution in [2.24, 2.45) is 0 Å². The van der Waals surface area contributed by atoms with Crippen LogP contribution in [0, 0.1) is 0 Å². The molecule has 1 aromatic heterocycles. The van der Waals surface area contributed by atoms with Gasteiger partial charge in [-0.05, 0) is 18.1 Å². The molecule has 2 aromatic carbocycles. The van der Waals surface area contributed by atoms with Gasteiger partial charge in [0.15, 0.2) is 0 Å². The van der Waals surface area contributed by atoms with E-state index in [1.54, 1.807) is 6.07 Å². The summed E-state index contributed by atoms with van der Waals surface area (Å²) in [6.07, 6.45) is 1.24. The van der Waals surface area contributed by atoms with Crippen LogP contribution >= 0.6 is 0 Å². The zero-order valence-electron chi connectivity index (χ0n) is 17.4. The van der Waals surface area contributed by atoms with Crippen LogP contribution in [0.2, 0.25) is 0 Å². The average molecular weight is 405 g/mol. The third-order valence-electron chi connectivity index (χ3n) is 5.52. The maximum Gasteiger partial charge on any atom is 0.227 e. The monoisotopic (exact) mass is 404 g/mol. The van der Waals surface area contributed by atoms with Crippen molar-refractivity contribution in [2.45, 2.75) is 26.1 Å². The molecule has 1 saturated heterocycles. The number of rotatable bonds is 7. The minimum Gasteiger partial charge on any atom is -0.479 e. The molecular weight excluding hydrogens is 376 g/mol. The van der Waals surface area contributed by atoms with E-state index < -0.39 is 0 Å². The quantitative estimate of drug-likeness (QED) is 0.593. The number of nitrogens with zero attached hydrogens (tertiary/aromatic N) is 2. The molecule has 0 aliphatic carbocycles. The summed E-state index contributed by atoms with van der Waals surface area (Å²) in [7, 11) is 0. The molecule has 1 atom stereocenters. The number of hydrogen-bond acceptors (Lipinski definition) is 5. The van der Waals surface area contributed by atoms with Gasteiger partial charge >= 0.3 is 0 Å². The van der Waals surface area contributed by atoms with Gasteiger partial charge in [0.2, 0.25) is 11.2 Å². The topological polar surface area (TPSA) is 45.9 Å². The summed E-state index contributed by atoms with van der Waals surface area (Å²) in [6, 6.07) is 22.0. The lowest BCUT2D eigenvalue weighted by Gasteiger charge is -2.34. The van der Waals surface area contributed by atoms with Crippen molar-refractivity contribution in [3.8, 4) is 5.75 Å². The molecule has 0 bridgehead atoms. The summed E-state index contributed by atoms with van der Waals surface area (Å²) in [5, 5.41) is 0. The van der Waals surface area contributed by atoms with Crippen molar-refractivity contribution in [3.63, 3.8) is 0 Å². The van der Waals surface area contributed by atoms with Crippen LogP contribution in [0.25, 0.3) is 0 Å². The highest BCUT2D eigenvalue weighted by molar-refractivity contribution is 5.22. The first-order valence-electron chi connectivity index (χ1n) is 10.5. The van der Waals surface area contributed by atoms with Crippen molar-refractivity contribution in [2.75, 3.05) is 26.2 Å². The van der Waals surface area contributed by atoms with E-state index in [-0.39, 0.29) is 17.3 Å². The van der Waals surface area contributed by atoms with Crippen molar-refractivity contribution in [1.82, 2.24) is 9.80 Å². The van der Waals surface area contributed by atoms with Crippen LogP contribution in [0.1, 0.15) is 29.9 Å². The van der Waals surface area contributed by atoms with Gasteiger partial charge in [0, 0.05) is 38.8 Å². The molecule has 4 rings (SSSR count). The predicted molar refractivity (Wildman–Crippen MR) is 117 cm³/mol. The summed E-state index contributed by atoms with van der Waals surface area (Å²) in [4.78, 5) is 17.3. The third kappa shape index (κ3) is 5.38. The van der Waals surface area contributed by atoms with E-state index >= 15 is 0 Å². The Morgan fingerprint density at radius 2 is 1.50 bits per heavy atom. The van der Waals surface area contributed by atoms with E-state index in [4.69, 9.17) is 9.15 Å². The van der Waals surface area contributed by atoms with Crippen LogP contribution in [-0.4, -0.2) is 36.0 Å². The largest absolute Gasteiger partial charge is 0.479 e. The number of hydrogen-bond donors (Lipinski definition) is 0. The van der Waals surface area contributed by atoms with Gasteiger partial charge in [-0.1, -0.05) is 60.7 Å². The summed E-state index contributed by atoms with van der Waals surface area (Å²) in [6.45, 7) is 7.49. The maximum atomic E-state index is 12.5. The highest BCUT2D eigenvalue weighted by atomic mass is 16.5. The van der Waals surface area contributed by atoms with Crippen LogP contribution in [-0.2, 0) is 13.1 Å². The molecule has 0 saturated carbocycles. The maximum absolute atomic E-state index is 12.5. The summed E-state index contributed by atoms with van der Waals surface area (Å²) < 4.78 is 11.5. The molecule has 156 valence electrons. The molecule has 0 radical (unpaired) electrons. The van der Waals surface area contributed by atoms with E-state index in [1.165, 1.54) is 11.8 Å². The molecule has 2 heterocycles. The second kappa shape index (κ2) is 9.74. The molecule has 0 N–H and O–H groups in total. The van der Waals surface area contributed by atoms with Gasteiger partial charge in [-0.3, -0.25) is 14.6 Å². The summed E-state index contributed by atoms with van der Waals surface area (Å²) in [5.41, 5.74) is 2.23. The van der Waals surface area contributed by atoms with Gasteiger partial charge in [0.1, 0.15) is 18.1 Å². The van der Waals surface area contributed by atoms with Crippen molar-refractivity contribution >= 4 is 0 Å². The van der Waals surface area contributed by atoms with Gasteiger partial charge in [0.05, 0.1) is 6.54 Å². The first-order valence-corrected chi connectivity index (χ1v) is 10.5. The highest BCUT2D eigenvalue weighted by Gasteiger charge is 2.18. The van der Waals surface area contributed by atoms with Crippen molar-refractivity contribution in [3.05, 3.63) is 100 Å². The number of piperazine rings is 1. The third-order valence-corrected chi connectivity index (χ3v) is 5.52. The van der Waals surface area contributed by atoms with Gasteiger partial charge in [-0.2, -0.15) is 0 Å². The van der Waals surface area contributed by atoms with E-state index in [0.717, 1.165) is 38.3 Å². The molecule has 30 heavy (non-hydrogen) atoms. The molecule has 1 aliphatic rings. The Kier molecular flexibility index (Phi) is 6.62. The van der Waals surface area contributed by atoms with Crippen molar-refractivity contribution < 1.29 is 9.15 Å². The van der Waals surface area contributed by atoms with Crippen LogP contribution in [0.5, 0.6) is 5.75 Å². The normalized spacial score (nSPS) is 16.3.